The van der Waals surface area contributed by atoms with Crippen LogP contribution in [0.3, 0.4) is 0 Å². The van der Waals surface area contributed by atoms with Gasteiger partial charge in [0.15, 0.2) is 6.23 Å². The molecule has 2 amide bonds. The van der Waals surface area contributed by atoms with E-state index in [2.05, 4.69) is 20.2 Å². The number of carbonyl (C=O) groups excluding carboxylic acids is 2. The zero-order valence-electron chi connectivity index (χ0n) is 35.7. The first-order valence-electron chi connectivity index (χ1n) is 20.0. The molecule has 0 bridgehead atoms. The predicted molar refractivity (Wildman–Crippen MR) is 223 cm³/mol. The van der Waals surface area contributed by atoms with E-state index in [1.807, 2.05) is 0 Å². The lowest BCUT2D eigenvalue weighted by Gasteiger charge is -2.28. The highest BCUT2D eigenvalue weighted by Crippen LogP contribution is 2.39. The van der Waals surface area contributed by atoms with Crippen LogP contribution in [0.5, 0.6) is 11.5 Å². The molecule has 3 aromatic carbocycles. The van der Waals surface area contributed by atoms with E-state index in [9.17, 15) is 14.7 Å². The summed E-state index contributed by atoms with van der Waals surface area (Å²) in [5, 5.41) is 19.9. The fraction of sp³-hybridized carbons (Fsp3) is 0.349. The Kier molecular flexibility index (Phi) is 12.0. The maximum absolute atomic E-state index is 16.9. The number of carbonyl (C=O) groups is 2. The molecular weight excluding hydrogens is 827 g/mol. The summed E-state index contributed by atoms with van der Waals surface area (Å²) in [6.45, 7) is 4.12. The number of primary amides is 1. The van der Waals surface area contributed by atoms with Gasteiger partial charge in [-0.3, -0.25) is 19.0 Å². The molecule has 0 saturated heterocycles. The summed E-state index contributed by atoms with van der Waals surface area (Å²) >= 11 is 0. The Balaban J connectivity index is 1.39. The van der Waals surface area contributed by atoms with E-state index in [0.29, 0.717) is 34.8 Å². The van der Waals surface area contributed by atoms with Gasteiger partial charge < -0.3 is 38.6 Å². The Morgan fingerprint density at radius 1 is 0.810 bits per heavy atom. The maximum atomic E-state index is 16.9. The largest absolute Gasteiger partial charge is 0.497 e. The fourth-order valence-corrected chi connectivity index (χ4v) is 7.55. The average molecular weight is 874 g/mol. The molecule has 332 valence electrons. The molecule has 4 heterocycles. The molecule has 0 radical (unpaired) electrons. The molecule has 1 atom stereocenters. The van der Waals surface area contributed by atoms with Crippen LogP contribution in [0, 0.1) is 13.8 Å². The molecule has 1 unspecified atom stereocenters. The number of fused-ring (bicyclic) bond motifs is 2. The molecule has 0 aliphatic carbocycles. The molecule has 0 aliphatic heterocycles. The van der Waals surface area contributed by atoms with Gasteiger partial charge in [-0.1, -0.05) is 24.3 Å². The smallest absolute Gasteiger partial charge is 0.329 e. The molecule has 16 nitrogen and oxygen atoms in total. The number of amides is 2. The van der Waals surface area contributed by atoms with Gasteiger partial charge in [-0.2, -0.15) is 32.8 Å². The number of alkyl halides is 4. The van der Waals surface area contributed by atoms with E-state index in [1.54, 1.807) is 76.2 Å². The van der Waals surface area contributed by atoms with Gasteiger partial charge in [0.25, 0.3) is 5.91 Å². The van der Waals surface area contributed by atoms with E-state index in [0.717, 1.165) is 9.13 Å². The van der Waals surface area contributed by atoms with Crippen molar-refractivity contribution in [3.05, 3.63) is 118 Å². The minimum Gasteiger partial charge on any atom is -0.497 e. The van der Waals surface area contributed by atoms with Crippen LogP contribution in [-0.2, 0) is 46.9 Å². The molecular formula is C43H47F4N11O5. The third-order valence-electron chi connectivity index (χ3n) is 10.7. The van der Waals surface area contributed by atoms with Crippen molar-refractivity contribution in [3.8, 4) is 11.5 Å². The van der Waals surface area contributed by atoms with Crippen molar-refractivity contribution in [1.29, 1.82) is 0 Å². The highest BCUT2D eigenvalue weighted by atomic mass is 19.3. The number of benzene rings is 3. The highest BCUT2D eigenvalue weighted by Gasteiger charge is 2.57. The third-order valence-corrected chi connectivity index (χ3v) is 10.7. The quantitative estimate of drug-likeness (QED) is 0.131. The van der Waals surface area contributed by atoms with Crippen molar-refractivity contribution in [2.75, 3.05) is 7.11 Å². The lowest BCUT2D eigenvalue weighted by atomic mass is 10.1. The minimum absolute atomic E-state index is 0.0284. The number of aromatic nitrogens is 8. The second-order valence-corrected chi connectivity index (χ2v) is 15.1. The van der Waals surface area contributed by atoms with Gasteiger partial charge in [-0.25, -0.2) is 4.99 Å². The first-order chi connectivity index (χ1) is 29.9. The Bertz CT molecular complexity index is 3010. The second kappa shape index (κ2) is 17.1. The number of methoxy groups -OCH3 is 1. The number of imidazole rings is 2. The van der Waals surface area contributed by atoms with E-state index in [1.165, 1.54) is 64.0 Å². The molecule has 0 saturated carbocycles. The molecule has 4 aromatic heterocycles. The zero-order valence-corrected chi connectivity index (χ0v) is 35.7. The maximum Gasteiger partial charge on any atom is 0.329 e. The second-order valence-electron chi connectivity index (χ2n) is 15.1. The van der Waals surface area contributed by atoms with Crippen LogP contribution in [0.25, 0.3) is 22.1 Å². The minimum atomic E-state index is -4.88. The Hall–Kier alpha value is -6.96. The molecule has 20 heteroatoms. The van der Waals surface area contributed by atoms with E-state index < -0.39 is 48.6 Å². The summed E-state index contributed by atoms with van der Waals surface area (Å²) in [7, 11) is 4.42. The molecule has 0 spiro atoms. The Labute approximate surface area is 357 Å². The number of hydrogen-bond donors (Lipinski definition) is 2. The number of nitrogens with two attached hydrogens (primary N) is 1. The lowest BCUT2D eigenvalue weighted by Crippen LogP contribution is -2.49. The van der Waals surface area contributed by atoms with Gasteiger partial charge in [-0.15, -0.1) is 0 Å². The van der Waals surface area contributed by atoms with Gasteiger partial charge in [0.05, 0.1) is 53.8 Å². The van der Waals surface area contributed by atoms with Crippen molar-refractivity contribution in [3.63, 3.8) is 0 Å². The number of ether oxygens (including phenoxy) is 2. The topological polar surface area (TPSA) is 179 Å². The van der Waals surface area contributed by atoms with Crippen LogP contribution in [0.15, 0.2) is 82.8 Å². The standard InChI is InChI=1S/C43H47F4N11O5/c1-8-57-33(18-25(3)51-57)38(60)49-40-53(5)30-12-10-11-13-31(30)55(40)23-42(44,45)43(46,47)24-56-36-32(54(6)41(56)50-39(61)34-19-26(4)52-58(34)9-2)20-28(37(48)59)21-35(36)63-22-27-14-16-29(62-7)17-15-27/h10-21,38,60H,8-9,22-24H2,1-7H3,(H2,48,59)/b49-40+,50-41+. The predicted octanol–water partition coefficient (Wildman–Crippen LogP) is 5.31. The number of halogens is 4. The molecule has 0 fully saturated rings. The molecule has 63 heavy (non-hydrogen) atoms. The fourth-order valence-electron chi connectivity index (χ4n) is 7.55. The van der Waals surface area contributed by atoms with Crippen LogP contribution in [-0.4, -0.2) is 73.7 Å². The summed E-state index contributed by atoms with van der Waals surface area (Å²) in [5.74, 6) is -11.1. The molecule has 7 rings (SSSR count). The monoisotopic (exact) mass is 873 g/mol. The number of aliphatic hydroxyl groups excluding tert-OH is 1. The van der Waals surface area contributed by atoms with Gasteiger partial charge in [-0.05, 0) is 81.8 Å². The molecule has 3 N–H and O–H groups in total. The lowest BCUT2D eigenvalue weighted by molar-refractivity contribution is -0.222. The van der Waals surface area contributed by atoms with Crippen molar-refractivity contribution < 1.29 is 41.7 Å². The number of aliphatic hydroxyl groups is 1. The first kappa shape index (κ1) is 44.1. The Morgan fingerprint density at radius 2 is 1.41 bits per heavy atom. The van der Waals surface area contributed by atoms with E-state index >= 15 is 17.6 Å². The van der Waals surface area contributed by atoms with Crippen LogP contribution in [0.4, 0.5) is 17.6 Å². The van der Waals surface area contributed by atoms with Crippen LogP contribution >= 0.6 is 0 Å². The van der Waals surface area contributed by atoms with Gasteiger partial charge in [0, 0.05) is 32.7 Å². The summed E-state index contributed by atoms with van der Waals surface area (Å²) in [6, 6.07) is 18.7. The number of aryl methyl sites for hydroxylation is 6. The van der Waals surface area contributed by atoms with Crippen molar-refractivity contribution in [1.82, 2.24) is 37.8 Å². The molecule has 0 aliphatic rings. The average Bonchev–Trinajstić information content (AvgIpc) is 3.98. The number of rotatable bonds is 15. The zero-order chi connectivity index (χ0) is 45.5. The number of hydrogen-bond acceptors (Lipinski definition) is 8. The van der Waals surface area contributed by atoms with Gasteiger partial charge in [0.2, 0.25) is 17.1 Å². The Morgan fingerprint density at radius 3 is 2.05 bits per heavy atom. The van der Waals surface area contributed by atoms with Crippen LogP contribution in [0.2, 0.25) is 0 Å². The van der Waals surface area contributed by atoms with E-state index in [-0.39, 0.29) is 58.0 Å². The van der Waals surface area contributed by atoms with Crippen molar-refractivity contribution in [2.45, 2.75) is 78.6 Å². The van der Waals surface area contributed by atoms with Crippen LogP contribution < -0.4 is 26.4 Å². The summed E-state index contributed by atoms with van der Waals surface area (Å²) in [4.78, 5) is 35.1. The van der Waals surface area contributed by atoms with Gasteiger partial charge >= 0.3 is 11.8 Å². The first-order valence-corrected chi connectivity index (χ1v) is 20.0. The number of para-hydroxylation sites is 2. The third kappa shape index (κ3) is 8.37. The highest BCUT2D eigenvalue weighted by molar-refractivity contribution is 5.98. The van der Waals surface area contributed by atoms with Gasteiger partial charge in [0.1, 0.15) is 29.3 Å². The van der Waals surface area contributed by atoms with E-state index in [4.69, 9.17) is 15.2 Å². The molecule has 7 aromatic rings. The van der Waals surface area contributed by atoms with Crippen molar-refractivity contribution in [2.24, 2.45) is 29.8 Å². The van der Waals surface area contributed by atoms with Crippen LogP contribution in [0.1, 0.15) is 63.6 Å². The summed E-state index contributed by atoms with van der Waals surface area (Å²) < 4.78 is 86.2. The summed E-state index contributed by atoms with van der Waals surface area (Å²) in [5.41, 5.74) is 7.34. The SMILES string of the molecule is CCn1nc(C)cc1C(=O)/N=c1\n(C)c2cc(C(N)=O)cc(OCc3ccc(OC)cc3)c2n1CC(F)(F)C(F)(F)Cn1/c(=N/C(O)c2cc(C)nn2CC)n(C)c2ccccc21. The normalized spacial score (nSPS) is 13.4. The number of nitrogens with zero attached hydrogens (tertiary/aromatic N) is 10. The van der Waals surface area contributed by atoms with Crippen molar-refractivity contribution >= 4 is 33.9 Å². The summed E-state index contributed by atoms with van der Waals surface area (Å²) in [6.07, 6.45) is -1.59.